The van der Waals surface area contributed by atoms with Gasteiger partial charge in [0.05, 0.1) is 27.0 Å². The van der Waals surface area contributed by atoms with E-state index in [1.807, 2.05) is 6.07 Å². The molecule has 0 fully saturated rings. The molecule has 4 rings (SSSR count). The molecule has 0 spiro atoms. The molecule has 0 saturated heterocycles. The number of amides is 1. The maximum Gasteiger partial charge on any atom is 0.279 e. The molecule has 0 saturated carbocycles. The lowest BCUT2D eigenvalue weighted by atomic mass is 10.1. The number of hydrogen-bond donors (Lipinski definition) is 1. The van der Waals surface area contributed by atoms with E-state index in [9.17, 15) is 13.2 Å². The van der Waals surface area contributed by atoms with Gasteiger partial charge in [0.15, 0.2) is 5.69 Å². The summed E-state index contributed by atoms with van der Waals surface area (Å²) in [5.41, 5.74) is 2.08. The van der Waals surface area contributed by atoms with E-state index in [4.69, 9.17) is 23.2 Å². The first-order chi connectivity index (χ1) is 14.8. The fourth-order valence-electron chi connectivity index (χ4n) is 3.41. The molecule has 1 N–H and O–H groups in total. The number of aromatic nitrogens is 2. The van der Waals surface area contributed by atoms with Gasteiger partial charge in [0.1, 0.15) is 0 Å². The van der Waals surface area contributed by atoms with Crippen LogP contribution < -0.4 is 9.62 Å². The third-order valence-electron chi connectivity index (χ3n) is 4.94. The smallest absolute Gasteiger partial charge is 0.279 e. The second-order valence-electron chi connectivity index (χ2n) is 7.10. The molecule has 7 nitrogen and oxygen atoms in total. The van der Waals surface area contributed by atoms with Gasteiger partial charge in [-0.1, -0.05) is 23.2 Å². The largest absolute Gasteiger partial charge is 0.305 e. The van der Waals surface area contributed by atoms with Gasteiger partial charge in [0, 0.05) is 24.0 Å². The van der Waals surface area contributed by atoms with Crippen molar-refractivity contribution >= 4 is 50.5 Å². The van der Waals surface area contributed by atoms with Crippen molar-refractivity contribution in [3.63, 3.8) is 0 Å². The van der Waals surface area contributed by atoms with Gasteiger partial charge in [0.25, 0.3) is 15.9 Å². The van der Waals surface area contributed by atoms with E-state index in [1.165, 1.54) is 30.5 Å². The predicted molar refractivity (Wildman–Crippen MR) is 120 cm³/mol. The molecule has 31 heavy (non-hydrogen) atoms. The Morgan fingerprint density at radius 1 is 1.16 bits per heavy atom. The van der Waals surface area contributed by atoms with Crippen LogP contribution in [0.1, 0.15) is 28.2 Å². The topological polar surface area (TPSA) is 92.3 Å². The Morgan fingerprint density at radius 3 is 2.74 bits per heavy atom. The number of aryl methyl sites for hydroxylation is 2. The molecule has 10 heteroatoms. The molecule has 3 heterocycles. The van der Waals surface area contributed by atoms with Crippen molar-refractivity contribution in [2.45, 2.75) is 24.7 Å². The summed E-state index contributed by atoms with van der Waals surface area (Å²) in [4.78, 5) is 23.4. The summed E-state index contributed by atoms with van der Waals surface area (Å²) in [5, 5.41) is 0.652. The number of fused-ring (bicyclic) bond motifs is 1. The summed E-state index contributed by atoms with van der Waals surface area (Å²) in [7, 11) is -4.01. The molecule has 1 aliphatic heterocycles. The van der Waals surface area contributed by atoms with Crippen molar-refractivity contribution < 1.29 is 13.2 Å². The van der Waals surface area contributed by atoms with Crippen LogP contribution >= 0.6 is 23.2 Å². The minimum Gasteiger partial charge on any atom is -0.305 e. The number of pyridine rings is 2. The third-order valence-corrected chi connectivity index (χ3v) is 6.93. The van der Waals surface area contributed by atoms with Gasteiger partial charge in [-0.2, -0.15) is 0 Å². The number of carbonyl (C=O) groups is 1. The quantitative estimate of drug-likeness (QED) is 0.598. The minimum absolute atomic E-state index is 0.00103. The lowest BCUT2D eigenvalue weighted by Gasteiger charge is -2.28. The number of nitrogens with one attached hydrogen (secondary N) is 1. The van der Waals surface area contributed by atoms with E-state index in [0.29, 0.717) is 22.8 Å². The van der Waals surface area contributed by atoms with Gasteiger partial charge in [-0.3, -0.25) is 14.5 Å². The average molecular weight is 477 g/mol. The minimum atomic E-state index is -4.01. The standard InChI is InChI=1S/C21H18Cl2N4O3S/c1-13-10-15(6-7-16(13)23)31(29,30)26-18-11-14(22)12-25-20(18)21(28)27-9-3-4-17-19(27)5-2-8-24-17/h2,5-8,10-12,26H,3-4,9H2,1H3. The molecule has 2 aromatic heterocycles. The van der Waals surface area contributed by atoms with Crippen molar-refractivity contribution in [2.24, 2.45) is 0 Å². The first-order valence-electron chi connectivity index (χ1n) is 9.46. The van der Waals surface area contributed by atoms with Crippen molar-refractivity contribution in [1.29, 1.82) is 0 Å². The third kappa shape index (κ3) is 4.37. The van der Waals surface area contributed by atoms with Gasteiger partial charge in [-0.25, -0.2) is 13.4 Å². The fourth-order valence-corrected chi connectivity index (χ4v) is 4.82. The summed E-state index contributed by atoms with van der Waals surface area (Å²) < 4.78 is 28.4. The molecule has 160 valence electrons. The molecule has 0 atom stereocenters. The predicted octanol–water partition coefficient (Wildman–Crippen LogP) is 4.49. The van der Waals surface area contributed by atoms with Gasteiger partial charge in [-0.05, 0) is 61.7 Å². The summed E-state index contributed by atoms with van der Waals surface area (Å²) in [5.74, 6) is -0.435. The van der Waals surface area contributed by atoms with Crippen molar-refractivity contribution in [3.8, 4) is 0 Å². The van der Waals surface area contributed by atoms with E-state index in [1.54, 1.807) is 24.1 Å². The maximum atomic E-state index is 13.4. The van der Waals surface area contributed by atoms with Crippen LogP contribution in [0, 0.1) is 6.92 Å². The van der Waals surface area contributed by atoms with Crippen LogP contribution in [0.25, 0.3) is 0 Å². The Morgan fingerprint density at radius 2 is 1.97 bits per heavy atom. The highest BCUT2D eigenvalue weighted by atomic mass is 35.5. The number of nitrogens with zero attached hydrogens (tertiary/aromatic N) is 3. The number of rotatable bonds is 4. The van der Waals surface area contributed by atoms with Gasteiger partial charge in [0.2, 0.25) is 0 Å². The molecular formula is C21H18Cl2N4O3S. The second-order valence-corrected chi connectivity index (χ2v) is 9.62. The lowest BCUT2D eigenvalue weighted by molar-refractivity contribution is 0.0981. The number of halogens is 2. The van der Waals surface area contributed by atoms with Gasteiger partial charge >= 0.3 is 0 Å². The van der Waals surface area contributed by atoms with E-state index < -0.39 is 15.9 Å². The second kappa shape index (κ2) is 8.45. The summed E-state index contributed by atoms with van der Waals surface area (Å²) in [6.45, 7) is 2.18. The number of hydrogen-bond acceptors (Lipinski definition) is 5. The van der Waals surface area contributed by atoms with Crippen LogP contribution in [0.15, 0.2) is 53.7 Å². The normalized spacial score (nSPS) is 13.6. The molecule has 1 aliphatic rings. The van der Waals surface area contributed by atoms with Crippen LogP contribution in [0.5, 0.6) is 0 Å². The van der Waals surface area contributed by atoms with Crippen LogP contribution in [0.4, 0.5) is 11.4 Å². The van der Waals surface area contributed by atoms with E-state index >= 15 is 0 Å². The van der Waals surface area contributed by atoms with E-state index in [2.05, 4.69) is 14.7 Å². The first-order valence-corrected chi connectivity index (χ1v) is 11.7. The molecule has 0 radical (unpaired) electrons. The molecule has 0 aliphatic carbocycles. The summed E-state index contributed by atoms with van der Waals surface area (Å²) in [6, 6.07) is 9.30. The van der Waals surface area contributed by atoms with Crippen LogP contribution in [0.3, 0.4) is 0 Å². The van der Waals surface area contributed by atoms with E-state index in [0.717, 1.165) is 18.5 Å². The maximum absolute atomic E-state index is 13.4. The molecular weight excluding hydrogens is 459 g/mol. The van der Waals surface area contributed by atoms with E-state index in [-0.39, 0.29) is 21.3 Å². The number of sulfonamides is 1. The Kier molecular flexibility index (Phi) is 5.88. The zero-order valence-corrected chi connectivity index (χ0v) is 18.8. The number of benzene rings is 1. The van der Waals surface area contributed by atoms with Crippen molar-refractivity contribution in [1.82, 2.24) is 9.97 Å². The Balaban J connectivity index is 1.72. The molecule has 1 amide bonds. The van der Waals surface area contributed by atoms with Gasteiger partial charge in [-0.15, -0.1) is 0 Å². The molecule has 3 aromatic rings. The SMILES string of the molecule is Cc1cc(S(=O)(=O)Nc2cc(Cl)cnc2C(=O)N2CCCc3ncccc32)ccc1Cl. The Labute approximate surface area is 190 Å². The van der Waals surface area contributed by atoms with Crippen molar-refractivity contribution in [2.75, 3.05) is 16.2 Å². The monoisotopic (exact) mass is 476 g/mol. The van der Waals surface area contributed by atoms with Crippen LogP contribution in [-0.2, 0) is 16.4 Å². The van der Waals surface area contributed by atoms with Crippen LogP contribution in [-0.4, -0.2) is 30.8 Å². The fraction of sp³-hybridized carbons (Fsp3) is 0.190. The highest BCUT2D eigenvalue weighted by molar-refractivity contribution is 7.92. The van der Waals surface area contributed by atoms with Crippen molar-refractivity contribution in [3.05, 3.63) is 75.8 Å². The number of anilines is 2. The Hall–Kier alpha value is -2.68. The summed E-state index contributed by atoms with van der Waals surface area (Å²) >= 11 is 12.1. The van der Waals surface area contributed by atoms with Crippen LogP contribution in [0.2, 0.25) is 10.0 Å². The molecule has 1 aromatic carbocycles. The average Bonchev–Trinajstić information content (AvgIpc) is 2.74. The highest BCUT2D eigenvalue weighted by Crippen LogP contribution is 2.30. The lowest BCUT2D eigenvalue weighted by Crippen LogP contribution is -2.37. The first kappa shape index (κ1) is 21.5. The zero-order valence-electron chi connectivity index (χ0n) is 16.5. The Bertz CT molecular complexity index is 1280. The zero-order chi connectivity index (χ0) is 22.2. The highest BCUT2D eigenvalue weighted by Gasteiger charge is 2.28. The summed E-state index contributed by atoms with van der Waals surface area (Å²) in [6.07, 6.45) is 4.51. The number of carbonyl (C=O) groups excluding carboxylic acids is 1. The molecule has 0 bridgehead atoms. The van der Waals surface area contributed by atoms with Gasteiger partial charge < -0.3 is 4.90 Å². The molecule has 0 unspecified atom stereocenters.